The van der Waals surface area contributed by atoms with Gasteiger partial charge in [-0.25, -0.2) is 0 Å². The third-order valence-corrected chi connectivity index (χ3v) is 17.1. The van der Waals surface area contributed by atoms with Gasteiger partial charge in [0.2, 0.25) is 0 Å². The molecule has 0 aromatic heterocycles. The monoisotopic (exact) mass is 412 g/mol. The molecule has 2 aromatic rings. The molecule has 3 rings (SSSR count). The predicted octanol–water partition coefficient (Wildman–Crippen LogP) is 5.75. The fourth-order valence-corrected chi connectivity index (χ4v) is 12.5. The number of hydrogen-bond donors (Lipinski definition) is 0. The van der Waals surface area contributed by atoms with Crippen LogP contribution >= 0.6 is 35.0 Å². The van der Waals surface area contributed by atoms with Gasteiger partial charge in [0.15, 0.2) is 0 Å². The molecule has 20 heavy (non-hydrogen) atoms. The maximum atomic E-state index is 4.28. The van der Waals surface area contributed by atoms with Crippen LogP contribution in [0.2, 0.25) is 0 Å². The fraction of sp³-hybridized carbons (Fsp3) is 0.294. The van der Waals surface area contributed by atoms with Gasteiger partial charge in [-0.2, -0.15) is 0 Å². The van der Waals surface area contributed by atoms with Crippen molar-refractivity contribution in [2.45, 2.75) is 31.3 Å². The third kappa shape index (κ3) is 2.30. The molecule has 1 aliphatic rings. The summed E-state index contributed by atoms with van der Waals surface area (Å²) in [5.74, 6) is 0. The van der Waals surface area contributed by atoms with E-state index in [4.69, 9.17) is 0 Å². The van der Waals surface area contributed by atoms with E-state index in [0.29, 0.717) is 5.66 Å². The summed E-state index contributed by atoms with van der Waals surface area (Å²) in [6.45, 7) is 0. The van der Waals surface area contributed by atoms with Gasteiger partial charge in [0, 0.05) is 0 Å². The van der Waals surface area contributed by atoms with Gasteiger partial charge >= 0.3 is 138 Å². The van der Waals surface area contributed by atoms with Gasteiger partial charge in [0.25, 0.3) is 0 Å². The Balaban J connectivity index is 2.22. The Bertz CT molecular complexity index is 531. The zero-order valence-corrected chi connectivity index (χ0v) is 15.4. The molecule has 0 nitrogen and oxygen atoms in total. The Morgan fingerprint density at radius 3 is 1.50 bits per heavy atom. The Hall–Kier alpha value is -0.170. The van der Waals surface area contributed by atoms with Crippen molar-refractivity contribution in [3.8, 4) is 0 Å². The Labute approximate surface area is 137 Å². The molecule has 1 fully saturated rings. The summed E-state index contributed by atoms with van der Waals surface area (Å²) >= 11 is 8.56. The molecule has 0 saturated heterocycles. The molecule has 0 unspecified atom stereocenters. The average molecular weight is 414 g/mol. The molecule has 0 heterocycles. The van der Waals surface area contributed by atoms with Crippen molar-refractivity contribution in [3.63, 3.8) is 0 Å². The minimum atomic E-state index is -2.44. The van der Waals surface area contributed by atoms with Gasteiger partial charge < -0.3 is 0 Å². The fourth-order valence-electron chi connectivity index (χ4n) is 3.33. The summed E-state index contributed by atoms with van der Waals surface area (Å²) in [4.78, 5) is 0. The summed E-state index contributed by atoms with van der Waals surface area (Å²) in [7, 11) is 0. The molecule has 0 aliphatic heterocycles. The normalized spacial score (nSPS) is 18.6. The molecule has 0 N–H and O–H groups in total. The second-order valence-corrected chi connectivity index (χ2v) is 21.0. The molecular weight excluding hydrogens is 395 g/mol. The molecule has 0 amide bonds. The first kappa shape index (κ1) is 14.8. The molecule has 1 saturated carbocycles. The van der Waals surface area contributed by atoms with Gasteiger partial charge in [-0.05, 0) is 0 Å². The first-order valence-corrected chi connectivity index (χ1v) is 13.5. The predicted molar refractivity (Wildman–Crippen MR) is 99.2 cm³/mol. The van der Waals surface area contributed by atoms with Crippen LogP contribution in [0.1, 0.15) is 25.7 Å². The maximum absolute atomic E-state index is 4.28. The van der Waals surface area contributed by atoms with Crippen LogP contribution in [0.25, 0.3) is 0 Å². The molecule has 2 aromatic carbocycles. The summed E-state index contributed by atoms with van der Waals surface area (Å²) < 4.78 is -2.44. The Morgan fingerprint density at radius 1 is 0.700 bits per heavy atom. The number of hydrogen-bond acceptors (Lipinski definition) is 0. The molecule has 106 valence electrons. The van der Waals surface area contributed by atoms with Crippen LogP contribution in [0.4, 0.5) is 0 Å². The van der Waals surface area contributed by atoms with Gasteiger partial charge in [-0.3, -0.25) is 0 Å². The van der Waals surface area contributed by atoms with Gasteiger partial charge in [-0.15, -0.1) is 0 Å². The second-order valence-electron chi connectivity index (χ2n) is 5.58. The van der Waals surface area contributed by atoms with Crippen LogP contribution in [-0.2, 0) is 0 Å². The standard InChI is InChI=1S/C17H19Br2P/c18-20(19,17-13-7-8-14-17,15-9-3-1-4-10-15)16-11-5-2-6-12-16/h1-6,9-12,17H,7-8,13-14H2. The van der Waals surface area contributed by atoms with Crippen molar-refractivity contribution < 1.29 is 0 Å². The number of halogens is 2. The zero-order chi connectivity index (χ0) is 14.1. The number of rotatable bonds is 3. The average Bonchev–Trinajstić information content (AvgIpc) is 3.05. The second kappa shape index (κ2) is 5.55. The molecule has 0 atom stereocenters. The molecular formula is C17H19Br2P. The van der Waals surface area contributed by atoms with Crippen molar-refractivity contribution in [2.24, 2.45) is 0 Å². The zero-order valence-electron chi connectivity index (χ0n) is 11.4. The van der Waals surface area contributed by atoms with Crippen LogP contribution in [0, 0.1) is 0 Å². The van der Waals surface area contributed by atoms with Crippen molar-refractivity contribution in [1.82, 2.24) is 0 Å². The van der Waals surface area contributed by atoms with Crippen LogP contribution in [0.15, 0.2) is 60.7 Å². The topological polar surface area (TPSA) is 0 Å². The van der Waals surface area contributed by atoms with Gasteiger partial charge in [-0.1, -0.05) is 0 Å². The van der Waals surface area contributed by atoms with Crippen molar-refractivity contribution in [3.05, 3.63) is 60.7 Å². The Kier molecular flexibility index (Phi) is 4.10. The van der Waals surface area contributed by atoms with Crippen LogP contribution in [0.5, 0.6) is 0 Å². The van der Waals surface area contributed by atoms with E-state index in [2.05, 4.69) is 91.6 Å². The van der Waals surface area contributed by atoms with Gasteiger partial charge in [0.05, 0.1) is 0 Å². The first-order chi connectivity index (χ1) is 9.62. The summed E-state index contributed by atoms with van der Waals surface area (Å²) in [6.07, 6.45) is 5.30. The first-order valence-electron chi connectivity index (χ1n) is 7.18. The SMILES string of the molecule is BrP(Br)(c1ccccc1)(c1ccccc1)C1CCCC1. The van der Waals surface area contributed by atoms with E-state index in [-0.39, 0.29) is 0 Å². The molecule has 3 heteroatoms. The van der Waals surface area contributed by atoms with E-state index < -0.39 is 4.01 Å². The van der Waals surface area contributed by atoms with Crippen LogP contribution < -0.4 is 10.6 Å². The Morgan fingerprint density at radius 2 is 1.10 bits per heavy atom. The summed E-state index contributed by atoms with van der Waals surface area (Å²) in [6, 6.07) is 21.9. The van der Waals surface area contributed by atoms with E-state index in [9.17, 15) is 0 Å². The van der Waals surface area contributed by atoms with E-state index in [1.165, 1.54) is 36.3 Å². The summed E-state index contributed by atoms with van der Waals surface area (Å²) in [5, 5.41) is 2.83. The van der Waals surface area contributed by atoms with E-state index in [1.807, 2.05) is 0 Å². The molecule has 0 radical (unpaired) electrons. The van der Waals surface area contributed by atoms with E-state index in [1.54, 1.807) is 0 Å². The van der Waals surface area contributed by atoms with Crippen LogP contribution in [-0.4, -0.2) is 5.66 Å². The minimum absolute atomic E-state index is 0.686. The van der Waals surface area contributed by atoms with Crippen molar-refractivity contribution in [2.75, 3.05) is 0 Å². The van der Waals surface area contributed by atoms with Crippen LogP contribution in [0.3, 0.4) is 0 Å². The molecule has 0 bridgehead atoms. The molecule has 0 spiro atoms. The van der Waals surface area contributed by atoms with E-state index >= 15 is 0 Å². The quantitative estimate of drug-likeness (QED) is 0.561. The summed E-state index contributed by atoms with van der Waals surface area (Å²) in [5.41, 5.74) is 0.686. The van der Waals surface area contributed by atoms with E-state index in [0.717, 1.165) is 0 Å². The third-order valence-electron chi connectivity index (χ3n) is 4.42. The van der Waals surface area contributed by atoms with Gasteiger partial charge in [0.1, 0.15) is 0 Å². The molecule has 1 aliphatic carbocycles. The van der Waals surface area contributed by atoms with Crippen molar-refractivity contribution >= 4 is 45.6 Å². The number of benzene rings is 2. The van der Waals surface area contributed by atoms with Crippen molar-refractivity contribution in [1.29, 1.82) is 0 Å².